The Hall–Kier alpha value is -2.73. The number of nitrogens with one attached hydrogen (secondary N) is 1. The Kier molecular flexibility index (Phi) is 5.56. The number of hydrogen-bond acceptors (Lipinski definition) is 4. The minimum absolute atomic E-state index is 0.129. The molecule has 2 amide bonds. The van der Waals surface area contributed by atoms with Crippen LogP contribution in [-0.4, -0.2) is 32.6 Å². The van der Waals surface area contributed by atoms with E-state index in [1.807, 2.05) is 31.2 Å². The number of aryl methyl sites for hydroxylation is 1. The molecule has 1 fully saturated rings. The second-order valence-electron chi connectivity index (χ2n) is 6.37. The zero-order valence-electron chi connectivity index (χ0n) is 15.4. The zero-order chi connectivity index (χ0) is 19.6. The van der Waals surface area contributed by atoms with Crippen molar-refractivity contribution in [2.75, 3.05) is 31.0 Å². The van der Waals surface area contributed by atoms with Crippen LogP contribution in [-0.2, 0) is 9.59 Å². The Morgan fingerprint density at radius 2 is 1.89 bits per heavy atom. The summed E-state index contributed by atoms with van der Waals surface area (Å²) >= 11 is 6.21. The number of para-hydroxylation sites is 1. The highest BCUT2D eigenvalue weighted by atomic mass is 35.5. The lowest BCUT2D eigenvalue weighted by molar-refractivity contribution is -0.122. The van der Waals surface area contributed by atoms with Crippen molar-refractivity contribution >= 4 is 34.8 Å². The van der Waals surface area contributed by atoms with E-state index in [1.165, 1.54) is 19.1 Å². The molecular formula is C20H21ClN2O4. The average molecular weight is 389 g/mol. The van der Waals surface area contributed by atoms with E-state index in [4.69, 9.17) is 21.1 Å². The molecule has 1 heterocycles. The van der Waals surface area contributed by atoms with Gasteiger partial charge >= 0.3 is 0 Å². The summed E-state index contributed by atoms with van der Waals surface area (Å²) in [6.07, 6.45) is 0.129. The van der Waals surface area contributed by atoms with Gasteiger partial charge < -0.3 is 19.7 Å². The fraction of sp³-hybridized carbons (Fsp3) is 0.300. The molecule has 0 saturated carbocycles. The number of amides is 2. The van der Waals surface area contributed by atoms with Gasteiger partial charge in [0.25, 0.3) is 0 Å². The fourth-order valence-corrected chi connectivity index (χ4v) is 3.35. The quantitative estimate of drug-likeness (QED) is 0.848. The van der Waals surface area contributed by atoms with Crippen molar-refractivity contribution in [3.8, 4) is 11.5 Å². The molecule has 142 valence electrons. The van der Waals surface area contributed by atoms with Gasteiger partial charge in [0.1, 0.15) is 11.5 Å². The first-order valence-corrected chi connectivity index (χ1v) is 8.90. The summed E-state index contributed by atoms with van der Waals surface area (Å²) in [5.74, 6) is 0.128. The predicted octanol–water partition coefficient (Wildman–Crippen LogP) is 3.66. The smallest absolute Gasteiger partial charge is 0.229 e. The van der Waals surface area contributed by atoms with E-state index < -0.39 is 5.92 Å². The average Bonchev–Trinajstić information content (AvgIpc) is 3.05. The lowest BCUT2D eigenvalue weighted by atomic mass is 10.1. The van der Waals surface area contributed by atoms with Crippen molar-refractivity contribution in [3.63, 3.8) is 0 Å². The number of anilines is 2. The molecule has 3 rings (SSSR count). The molecule has 0 spiro atoms. The van der Waals surface area contributed by atoms with Crippen LogP contribution in [0.15, 0.2) is 36.4 Å². The molecule has 7 heteroatoms. The molecule has 0 radical (unpaired) electrons. The van der Waals surface area contributed by atoms with Crippen molar-refractivity contribution in [1.29, 1.82) is 0 Å². The number of rotatable bonds is 5. The Morgan fingerprint density at radius 3 is 2.56 bits per heavy atom. The van der Waals surface area contributed by atoms with Gasteiger partial charge in [0, 0.05) is 24.7 Å². The summed E-state index contributed by atoms with van der Waals surface area (Å²) < 4.78 is 10.6. The Bertz CT molecular complexity index is 884. The van der Waals surface area contributed by atoms with Crippen LogP contribution in [0.3, 0.4) is 0 Å². The molecule has 1 unspecified atom stereocenters. The topological polar surface area (TPSA) is 67.9 Å². The van der Waals surface area contributed by atoms with Crippen LogP contribution < -0.4 is 19.7 Å². The summed E-state index contributed by atoms with van der Waals surface area (Å²) in [6, 6.07) is 10.8. The molecule has 6 nitrogen and oxygen atoms in total. The molecule has 2 aromatic carbocycles. The highest BCUT2D eigenvalue weighted by Gasteiger charge is 2.36. The van der Waals surface area contributed by atoms with Crippen LogP contribution in [0.2, 0.25) is 5.02 Å². The molecule has 0 bridgehead atoms. The molecule has 1 saturated heterocycles. The van der Waals surface area contributed by atoms with E-state index in [-0.39, 0.29) is 24.8 Å². The van der Waals surface area contributed by atoms with Gasteiger partial charge in [0.2, 0.25) is 11.8 Å². The fourth-order valence-electron chi connectivity index (χ4n) is 3.12. The van der Waals surface area contributed by atoms with Crippen LogP contribution in [0.5, 0.6) is 11.5 Å². The maximum absolute atomic E-state index is 12.6. The van der Waals surface area contributed by atoms with Gasteiger partial charge in [-0.15, -0.1) is 0 Å². The number of benzene rings is 2. The van der Waals surface area contributed by atoms with Gasteiger partial charge in [-0.3, -0.25) is 9.59 Å². The third-order valence-electron chi connectivity index (χ3n) is 4.64. The first-order valence-electron chi connectivity index (χ1n) is 8.53. The van der Waals surface area contributed by atoms with Crippen LogP contribution >= 0.6 is 11.6 Å². The molecule has 0 aromatic heterocycles. The highest BCUT2D eigenvalue weighted by Crippen LogP contribution is 2.40. The maximum atomic E-state index is 12.6. The zero-order valence-corrected chi connectivity index (χ0v) is 16.2. The molecule has 1 aliphatic heterocycles. The normalized spacial score (nSPS) is 16.4. The van der Waals surface area contributed by atoms with Crippen molar-refractivity contribution < 1.29 is 19.1 Å². The van der Waals surface area contributed by atoms with Gasteiger partial charge in [0.15, 0.2) is 0 Å². The molecule has 1 N–H and O–H groups in total. The van der Waals surface area contributed by atoms with E-state index >= 15 is 0 Å². The number of nitrogens with zero attached hydrogens (tertiary/aromatic N) is 1. The summed E-state index contributed by atoms with van der Waals surface area (Å²) in [7, 11) is 3.02. The number of carbonyl (C=O) groups is 2. The standard InChI is InChI=1S/C20H21ClN2O4/c1-12-6-4-5-7-15(12)22-20(25)13-8-19(24)23(11-13)16-9-14(21)17(26-2)10-18(16)27-3/h4-7,9-10,13H,8,11H2,1-3H3,(H,22,25). The van der Waals surface area contributed by atoms with Gasteiger partial charge in [-0.2, -0.15) is 0 Å². The third kappa shape index (κ3) is 3.85. The summed E-state index contributed by atoms with van der Waals surface area (Å²) in [6.45, 7) is 2.18. The van der Waals surface area contributed by atoms with Crippen molar-refractivity contribution in [1.82, 2.24) is 0 Å². The number of halogens is 1. The van der Waals surface area contributed by atoms with E-state index in [9.17, 15) is 9.59 Å². The lowest BCUT2D eigenvalue weighted by Gasteiger charge is -2.21. The molecule has 2 aromatic rings. The largest absolute Gasteiger partial charge is 0.495 e. The lowest BCUT2D eigenvalue weighted by Crippen LogP contribution is -2.28. The van der Waals surface area contributed by atoms with Crippen LogP contribution in [0.25, 0.3) is 0 Å². The highest BCUT2D eigenvalue weighted by molar-refractivity contribution is 6.32. The monoisotopic (exact) mass is 388 g/mol. The number of ether oxygens (including phenoxy) is 2. The SMILES string of the molecule is COc1cc(OC)c(N2CC(C(=O)Nc3ccccc3C)CC2=O)cc1Cl. The minimum atomic E-state index is -0.456. The van der Waals surface area contributed by atoms with E-state index in [1.54, 1.807) is 12.1 Å². The third-order valence-corrected chi connectivity index (χ3v) is 4.94. The second kappa shape index (κ2) is 7.88. The molecule has 1 atom stereocenters. The number of methoxy groups -OCH3 is 2. The van der Waals surface area contributed by atoms with Crippen molar-refractivity contribution in [2.24, 2.45) is 5.92 Å². The Balaban J connectivity index is 1.80. The summed E-state index contributed by atoms with van der Waals surface area (Å²) in [5.41, 5.74) is 2.24. The molecule has 1 aliphatic rings. The van der Waals surface area contributed by atoms with Gasteiger partial charge in [0.05, 0.1) is 30.8 Å². The first kappa shape index (κ1) is 19.0. The van der Waals surface area contributed by atoms with Gasteiger partial charge in [-0.05, 0) is 24.6 Å². The van der Waals surface area contributed by atoms with Crippen LogP contribution in [0, 0.1) is 12.8 Å². The van der Waals surface area contributed by atoms with Crippen LogP contribution in [0.4, 0.5) is 11.4 Å². The van der Waals surface area contributed by atoms with Gasteiger partial charge in [-0.25, -0.2) is 0 Å². The molecule has 0 aliphatic carbocycles. The number of carbonyl (C=O) groups excluding carboxylic acids is 2. The van der Waals surface area contributed by atoms with E-state index in [2.05, 4.69) is 5.32 Å². The Morgan fingerprint density at radius 1 is 1.19 bits per heavy atom. The van der Waals surface area contributed by atoms with E-state index in [0.717, 1.165) is 11.3 Å². The minimum Gasteiger partial charge on any atom is -0.495 e. The Labute approximate surface area is 163 Å². The second-order valence-corrected chi connectivity index (χ2v) is 6.78. The van der Waals surface area contributed by atoms with Gasteiger partial charge in [-0.1, -0.05) is 29.8 Å². The summed E-state index contributed by atoms with van der Waals surface area (Å²) in [5, 5.41) is 3.28. The van der Waals surface area contributed by atoms with Crippen molar-refractivity contribution in [3.05, 3.63) is 47.0 Å². The summed E-state index contributed by atoms with van der Waals surface area (Å²) in [4.78, 5) is 26.7. The number of hydrogen-bond donors (Lipinski definition) is 1. The van der Waals surface area contributed by atoms with E-state index in [0.29, 0.717) is 22.2 Å². The molecule has 27 heavy (non-hydrogen) atoms. The van der Waals surface area contributed by atoms with Crippen molar-refractivity contribution in [2.45, 2.75) is 13.3 Å². The predicted molar refractivity (Wildman–Crippen MR) is 105 cm³/mol. The molecular weight excluding hydrogens is 368 g/mol. The maximum Gasteiger partial charge on any atom is 0.229 e. The van der Waals surface area contributed by atoms with Crippen LogP contribution in [0.1, 0.15) is 12.0 Å². The first-order chi connectivity index (χ1) is 12.9.